The van der Waals surface area contributed by atoms with E-state index in [4.69, 9.17) is 0 Å². The highest BCUT2D eigenvalue weighted by Crippen LogP contribution is 2.49. The van der Waals surface area contributed by atoms with Gasteiger partial charge in [-0.2, -0.15) is 0 Å². The van der Waals surface area contributed by atoms with Crippen LogP contribution in [0.1, 0.15) is 38.2 Å². The smallest absolute Gasteiger partial charge is 0.230 e. The Labute approximate surface area is 144 Å². The zero-order valence-electron chi connectivity index (χ0n) is 13.9. The molecule has 0 saturated heterocycles. The molecular formula is C20H27NOS. The molecule has 0 aromatic heterocycles. The van der Waals surface area contributed by atoms with Crippen molar-refractivity contribution in [3.8, 4) is 0 Å². The third kappa shape index (κ3) is 4.63. The Morgan fingerprint density at radius 1 is 1.30 bits per heavy atom. The van der Waals surface area contributed by atoms with Crippen LogP contribution in [0.5, 0.6) is 0 Å². The second-order valence-corrected chi connectivity index (χ2v) is 8.05. The Balaban J connectivity index is 1.33. The van der Waals surface area contributed by atoms with Gasteiger partial charge in [-0.05, 0) is 49.5 Å². The minimum Gasteiger partial charge on any atom is -0.353 e. The Bertz CT molecular complexity index is 542. The van der Waals surface area contributed by atoms with Crippen molar-refractivity contribution in [3.05, 3.63) is 42.0 Å². The average molecular weight is 330 g/mol. The first-order valence-corrected chi connectivity index (χ1v) is 9.96. The Morgan fingerprint density at radius 3 is 2.83 bits per heavy atom. The molecule has 2 aliphatic carbocycles. The number of rotatable bonds is 7. The second-order valence-electron chi connectivity index (χ2n) is 7.02. The highest BCUT2D eigenvalue weighted by atomic mass is 32.2. The van der Waals surface area contributed by atoms with Crippen LogP contribution in [0, 0.1) is 17.8 Å². The summed E-state index contributed by atoms with van der Waals surface area (Å²) in [4.78, 5) is 12.1. The molecule has 1 amide bonds. The van der Waals surface area contributed by atoms with Crippen LogP contribution in [0.2, 0.25) is 0 Å². The summed E-state index contributed by atoms with van der Waals surface area (Å²) in [6, 6.07) is 10.6. The lowest BCUT2D eigenvalue weighted by Crippen LogP contribution is -2.40. The normalized spacial score (nSPS) is 27.4. The van der Waals surface area contributed by atoms with Crippen molar-refractivity contribution >= 4 is 23.7 Å². The van der Waals surface area contributed by atoms with Gasteiger partial charge in [-0.3, -0.25) is 4.79 Å². The van der Waals surface area contributed by atoms with Gasteiger partial charge in [-0.25, -0.2) is 0 Å². The number of fused-ring (bicyclic) bond motifs is 2. The van der Waals surface area contributed by atoms with Crippen LogP contribution in [0.25, 0.3) is 6.08 Å². The summed E-state index contributed by atoms with van der Waals surface area (Å²) in [7, 11) is 0. The number of nitrogens with one attached hydrogen (secondary N) is 1. The molecule has 2 saturated carbocycles. The predicted octanol–water partition coefficient (Wildman–Crippen LogP) is 4.37. The number of carbonyl (C=O) groups excluding carboxylic acids is 1. The zero-order valence-corrected chi connectivity index (χ0v) is 14.7. The fourth-order valence-electron chi connectivity index (χ4n) is 4.28. The molecule has 2 bridgehead atoms. The van der Waals surface area contributed by atoms with Crippen molar-refractivity contribution in [1.82, 2.24) is 5.32 Å². The van der Waals surface area contributed by atoms with Crippen LogP contribution in [0.15, 0.2) is 36.4 Å². The molecule has 124 valence electrons. The SMILES string of the molecule is CC(NC(=O)CSCC=Cc1ccccc1)C1CC2CCC1C2. The number of hydrogen-bond acceptors (Lipinski definition) is 2. The van der Waals surface area contributed by atoms with Crippen LogP contribution in [0.3, 0.4) is 0 Å². The molecule has 4 atom stereocenters. The van der Waals surface area contributed by atoms with E-state index >= 15 is 0 Å². The van der Waals surface area contributed by atoms with E-state index in [9.17, 15) is 4.79 Å². The van der Waals surface area contributed by atoms with Crippen LogP contribution in [0.4, 0.5) is 0 Å². The van der Waals surface area contributed by atoms with E-state index in [0.29, 0.717) is 11.8 Å². The minimum atomic E-state index is 0.193. The molecule has 1 aromatic carbocycles. The van der Waals surface area contributed by atoms with Crippen molar-refractivity contribution < 1.29 is 4.79 Å². The largest absolute Gasteiger partial charge is 0.353 e. The lowest BCUT2D eigenvalue weighted by molar-refractivity contribution is -0.119. The maximum Gasteiger partial charge on any atom is 0.230 e. The molecule has 0 radical (unpaired) electrons. The molecular weight excluding hydrogens is 302 g/mol. The first kappa shape index (κ1) is 16.6. The van der Waals surface area contributed by atoms with Crippen molar-refractivity contribution in [3.63, 3.8) is 0 Å². The van der Waals surface area contributed by atoms with Gasteiger partial charge in [0.25, 0.3) is 0 Å². The fourth-order valence-corrected chi connectivity index (χ4v) is 4.90. The minimum absolute atomic E-state index is 0.193. The second kappa shape index (κ2) is 8.05. The molecule has 23 heavy (non-hydrogen) atoms. The zero-order chi connectivity index (χ0) is 16.1. The standard InChI is InChI=1S/C20H27NOS/c1-15(19-13-17-9-10-18(19)12-17)21-20(22)14-23-11-5-8-16-6-3-2-4-7-16/h2-8,15,17-19H,9-14H2,1H3,(H,21,22). The van der Waals surface area contributed by atoms with Crippen molar-refractivity contribution in [1.29, 1.82) is 0 Å². The average Bonchev–Trinajstić information content (AvgIpc) is 3.18. The first-order chi connectivity index (χ1) is 11.2. The number of benzene rings is 1. The third-order valence-corrected chi connectivity index (χ3v) is 6.28. The van der Waals surface area contributed by atoms with Gasteiger partial charge in [0, 0.05) is 11.8 Å². The lowest BCUT2D eigenvalue weighted by Gasteiger charge is -2.28. The number of thioether (sulfide) groups is 1. The molecule has 4 unspecified atom stereocenters. The molecule has 3 heteroatoms. The van der Waals surface area contributed by atoms with Gasteiger partial charge < -0.3 is 5.32 Å². The monoisotopic (exact) mass is 329 g/mol. The van der Waals surface area contributed by atoms with Gasteiger partial charge in [0.15, 0.2) is 0 Å². The summed E-state index contributed by atoms with van der Waals surface area (Å²) < 4.78 is 0. The van der Waals surface area contributed by atoms with Gasteiger partial charge in [0.1, 0.15) is 0 Å². The summed E-state index contributed by atoms with van der Waals surface area (Å²) in [6.45, 7) is 2.20. The van der Waals surface area contributed by atoms with Gasteiger partial charge in [-0.1, -0.05) is 48.9 Å². The van der Waals surface area contributed by atoms with E-state index < -0.39 is 0 Å². The van der Waals surface area contributed by atoms with E-state index in [1.54, 1.807) is 11.8 Å². The molecule has 3 rings (SSSR count). The van der Waals surface area contributed by atoms with Crippen molar-refractivity contribution in [2.45, 2.75) is 38.6 Å². The molecule has 2 nitrogen and oxygen atoms in total. The van der Waals surface area contributed by atoms with Crippen molar-refractivity contribution in [2.75, 3.05) is 11.5 Å². The Hall–Kier alpha value is -1.22. The quantitative estimate of drug-likeness (QED) is 0.752. The maximum atomic E-state index is 12.1. The number of hydrogen-bond donors (Lipinski definition) is 1. The summed E-state index contributed by atoms with van der Waals surface area (Å²) in [5, 5.41) is 3.23. The van der Waals surface area contributed by atoms with Gasteiger partial charge in [0.05, 0.1) is 5.75 Å². The molecule has 1 N–H and O–H groups in total. The Morgan fingerprint density at radius 2 is 2.13 bits per heavy atom. The van der Waals surface area contributed by atoms with Gasteiger partial charge in [-0.15, -0.1) is 11.8 Å². The molecule has 2 aliphatic rings. The molecule has 0 spiro atoms. The third-order valence-electron chi connectivity index (χ3n) is 5.38. The molecule has 1 aromatic rings. The van der Waals surface area contributed by atoms with E-state index in [0.717, 1.165) is 23.5 Å². The van der Waals surface area contributed by atoms with Crippen LogP contribution >= 0.6 is 11.8 Å². The molecule has 2 fully saturated rings. The molecule has 0 aliphatic heterocycles. The summed E-state index contributed by atoms with van der Waals surface area (Å²) >= 11 is 1.68. The predicted molar refractivity (Wildman–Crippen MR) is 99.3 cm³/mol. The van der Waals surface area contributed by atoms with Gasteiger partial charge >= 0.3 is 0 Å². The van der Waals surface area contributed by atoms with E-state index in [1.807, 2.05) is 18.2 Å². The number of amides is 1. The van der Waals surface area contributed by atoms with Crippen LogP contribution in [-0.4, -0.2) is 23.5 Å². The summed E-state index contributed by atoms with van der Waals surface area (Å²) in [5.74, 6) is 4.17. The lowest BCUT2D eigenvalue weighted by atomic mass is 9.84. The van der Waals surface area contributed by atoms with Crippen LogP contribution < -0.4 is 5.32 Å². The topological polar surface area (TPSA) is 29.1 Å². The maximum absolute atomic E-state index is 12.1. The fraction of sp³-hybridized carbons (Fsp3) is 0.550. The van der Waals surface area contributed by atoms with E-state index in [1.165, 1.54) is 31.2 Å². The Kier molecular flexibility index (Phi) is 5.82. The number of carbonyl (C=O) groups is 1. The molecule has 0 heterocycles. The highest BCUT2D eigenvalue weighted by Gasteiger charge is 2.41. The van der Waals surface area contributed by atoms with E-state index in [2.05, 4.69) is 36.5 Å². The highest BCUT2D eigenvalue weighted by molar-refractivity contribution is 8.00. The van der Waals surface area contributed by atoms with Crippen molar-refractivity contribution in [2.24, 2.45) is 17.8 Å². The van der Waals surface area contributed by atoms with Crippen LogP contribution in [-0.2, 0) is 4.79 Å². The summed E-state index contributed by atoms with van der Waals surface area (Å²) in [6.07, 6.45) is 9.79. The summed E-state index contributed by atoms with van der Waals surface area (Å²) in [5.41, 5.74) is 1.21. The van der Waals surface area contributed by atoms with Gasteiger partial charge in [0.2, 0.25) is 5.91 Å². The first-order valence-electron chi connectivity index (χ1n) is 8.81. The van der Waals surface area contributed by atoms with E-state index in [-0.39, 0.29) is 5.91 Å².